The van der Waals surface area contributed by atoms with Gasteiger partial charge in [-0.05, 0) is 27.7 Å². The van der Waals surface area contributed by atoms with Gasteiger partial charge < -0.3 is 15.0 Å². The van der Waals surface area contributed by atoms with Crippen LogP contribution in [0.5, 0.6) is 0 Å². The van der Waals surface area contributed by atoms with E-state index in [4.69, 9.17) is 4.74 Å². The minimum atomic E-state index is -0.405. The van der Waals surface area contributed by atoms with Crippen molar-refractivity contribution in [1.82, 2.24) is 15.1 Å². The summed E-state index contributed by atoms with van der Waals surface area (Å²) in [5.74, 6) is 0. The lowest BCUT2D eigenvalue weighted by Crippen LogP contribution is -2.72. The van der Waals surface area contributed by atoms with Crippen LogP contribution in [0.4, 0.5) is 4.79 Å². The van der Waals surface area contributed by atoms with Crippen molar-refractivity contribution in [3.05, 3.63) is 0 Å². The van der Waals surface area contributed by atoms with Gasteiger partial charge in [-0.15, -0.1) is 12.4 Å². The normalized spacial score (nSPS) is 23.3. The van der Waals surface area contributed by atoms with Crippen LogP contribution in [-0.4, -0.2) is 66.3 Å². The average Bonchev–Trinajstić information content (AvgIpc) is 2.23. The Hall–Kier alpha value is -0.520. The molecule has 2 aliphatic rings. The highest BCUT2D eigenvalue weighted by molar-refractivity contribution is 5.85. The summed E-state index contributed by atoms with van der Waals surface area (Å²) >= 11 is 0. The van der Waals surface area contributed by atoms with Crippen LogP contribution in [0.25, 0.3) is 0 Å². The first-order chi connectivity index (χ1) is 8.30. The molecule has 1 N–H and O–H groups in total. The number of hydrogen-bond acceptors (Lipinski definition) is 4. The molecule has 1 amide bonds. The van der Waals surface area contributed by atoms with E-state index < -0.39 is 5.60 Å². The highest BCUT2D eigenvalue weighted by atomic mass is 35.5. The Bertz CT molecular complexity index is 318. The quantitative estimate of drug-likeness (QED) is 0.791. The Labute approximate surface area is 122 Å². The molecule has 5 nitrogen and oxygen atoms in total. The number of nitrogens with one attached hydrogen (secondary N) is 1. The zero-order valence-electron chi connectivity index (χ0n) is 12.4. The smallest absolute Gasteiger partial charge is 0.410 e. The molecular weight excluding hydrogens is 266 g/mol. The highest BCUT2D eigenvalue weighted by Gasteiger charge is 2.46. The van der Waals surface area contributed by atoms with Gasteiger partial charge in [0.15, 0.2) is 0 Å². The third-order valence-electron chi connectivity index (χ3n) is 3.60. The fourth-order valence-electron chi connectivity index (χ4n) is 2.64. The van der Waals surface area contributed by atoms with E-state index in [0.717, 1.165) is 39.3 Å². The van der Waals surface area contributed by atoms with E-state index in [1.54, 1.807) is 4.90 Å². The van der Waals surface area contributed by atoms with Crippen molar-refractivity contribution >= 4 is 18.5 Å². The number of piperazine rings is 1. The number of carbonyl (C=O) groups is 1. The third-order valence-corrected chi connectivity index (χ3v) is 3.60. The van der Waals surface area contributed by atoms with Gasteiger partial charge in [0, 0.05) is 39.3 Å². The van der Waals surface area contributed by atoms with E-state index in [-0.39, 0.29) is 24.0 Å². The van der Waals surface area contributed by atoms with Crippen LogP contribution in [0.2, 0.25) is 0 Å². The van der Waals surface area contributed by atoms with Gasteiger partial charge in [0.25, 0.3) is 0 Å². The maximum Gasteiger partial charge on any atom is 0.410 e. The van der Waals surface area contributed by atoms with E-state index in [9.17, 15) is 4.79 Å². The minimum Gasteiger partial charge on any atom is -0.444 e. The lowest BCUT2D eigenvalue weighted by molar-refractivity contribution is -0.0592. The van der Waals surface area contributed by atoms with Gasteiger partial charge in [-0.25, -0.2) is 4.79 Å². The molecule has 0 unspecified atom stereocenters. The molecule has 2 fully saturated rings. The Morgan fingerprint density at radius 1 is 1.21 bits per heavy atom. The summed E-state index contributed by atoms with van der Waals surface area (Å²) in [6.45, 7) is 13.7. The second-order valence-corrected chi connectivity index (χ2v) is 6.57. The van der Waals surface area contributed by atoms with Gasteiger partial charge in [0.1, 0.15) is 5.60 Å². The summed E-state index contributed by atoms with van der Waals surface area (Å²) in [6, 6.07) is 0. The van der Waals surface area contributed by atoms with Crippen LogP contribution < -0.4 is 5.32 Å². The van der Waals surface area contributed by atoms with Crippen molar-refractivity contribution in [2.75, 3.05) is 39.3 Å². The monoisotopic (exact) mass is 291 g/mol. The predicted octanol–water partition coefficient (Wildman–Crippen LogP) is 1.32. The van der Waals surface area contributed by atoms with Crippen LogP contribution in [0, 0.1) is 0 Å². The molecule has 0 aliphatic carbocycles. The standard InChI is InChI=1S/C13H25N3O2.ClH/c1-12(2,3)18-11(17)15-9-13(4,10-15)16-7-5-14-6-8-16;/h14H,5-10H2,1-4H3;1H. The number of hydrogen-bond donors (Lipinski definition) is 1. The lowest BCUT2D eigenvalue weighted by atomic mass is 9.90. The van der Waals surface area contributed by atoms with Gasteiger partial charge in [-0.2, -0.15) is 0 Å². The van der Waals surface area contributed by atoms with Crippen LogP contribution >= 0.6 is 12.4 Å². The summed E-state index contributed by atoms with van der Waals surface area (Å²) in [7, 11) is 0. The molecule has 0 aromatic rings. The summed E-state index contributed by atoms with van der Waals surface area (Å²) in [5, 5.41) is 3.35. The zero-order valence-corrected chi connectivity index (χ0v) is 13.2. The first-order valence-corrected chi connectivity index (χ1v) is 6.74. The maximum atomic E-state index is 11.9. The number of rotatable bonds is 1. The van der Waals surface area contributed by atoms with Crippen molar-refractivity contribution in [3.8, 4) is 0 Å². The molecule has 0 spiro atoms. The van der Waals surface area contributed by atoms with E-state index >= 15 is 0 Å². The molecule has 0 aromatic heterocycles. The predicted molar refractivity (Wildman–Crippen MR) is 77.9 cm³/mol. The van der Waals surface area contributed by atoms with Crippen LogP contribution in [0.1, 0.15) is 27.7 Å². The summed E-state index contributed by atoms with van der Waals surface area (Å²) in [5.41, 5.74) is -0.267. The van der Waals surface area contributed by atoms with Crippen LogP contribution in [0.15, 0.2) is 0 Å². The van der Waals surface area contributed by atoms with Gasteiger partial charge in [-0.3, -0.25) is 4.90 Å². The van der Waals surface area contributed by atoms with Crippen LogP contribution in [0.3, 0.4) is 0 Å². The number of likely N-dealkylation sites (tertiary alicyclic amines) is 1. The zero-order chi connectivity index (χ0) is 13.4. The first-order valence-electron chi connectivity index (χ1n) is 6.74. The minimum absolute atomic E-state index is 0. The molecular formula is C13H26ClN3O2. The molecule has 2 rings (SSSR count). The molecule has 0 radical (unpaired) electrons. The summed E-state index contributed by atoms with van der Waals surface area (Å²) in [6.07, 6.45) is -0.185. The molecule has 0 aromatic carbocycles. The Morgan fingerprint density at radius 3 is 2.21 bits per heavy atom. The van der Waals surface area contributed by atoms with Crippen LogP contribution in [-0.2, 0) is 4.74 Å². The third kappa shape index (κ3) is 3.97. The van der Waals surface area contributed by atoms with Gasteiger partial charge in [-0.1, -0.05) is 0 Å². The van der Waals surface area contributed by atoms with Gasteiger partial charge in [0.05, 0.1) is 5.54 Å². The number of amides is 1. The van der Waals surface area contributed by atoms with Crippen molar-refractivity contribution in [2.45, 2.75) is 38.8 Å². The Morgan fingerprint density at radius 2 is 1.74 bits per heavy atom. The van der Waals surface area contributed by atoms with E-state index in [2.05, 4.69) is 17.1 Å². The Kier molecular flexibility index (Phi) is 5.09. The second-order valence-electron chi connectivity index (χ2n) is 6.57. The van der Waals surface area contributed by atoms with E-state index in [1.807, 2.05) is 20.8 Å². The molecule has 0 saturated carbocycles. The number of ether oxygens (including phenoxy) is 1. The van der Waals surface area contributed by atoms with Crippen molar-refractivity contribution < 1.29 is 9.53 Å². The molecule has 2 aliphatic heterocycles. The summed E-state index contributed by atoms with van der Waals surface area (Å²) < 4.78 is 5.38. The topological polar surface area (TPSA) is 44.8 Å². The number of nitrogens with zero attached hydrogens (tertiary/aromatic N) is 2. The average molecular weight is 292 g/mol. The second kappa shape index (κ2) is 5.85. The fraction of sp³-hybridized carbons (Fsp3) is 0.923. The molecule has 0 atom stereocenters. The lowest BCUT2D eigenvalue weighted by Gasteiger charge is -2.54. The fourth-order valence-corrected chi connectivity index (χ4v) is 2.64. The number of carbonyl (C=O) groups excluding carboxylic acids is 1. The van der Waals surface area contributed by atoms with Gasteiger partial charge >= 0.3 is 6.09 Å². The molecule has 2 saturated heterocycles. The van der Waals surface area contributed by atoms with E-state index in [1.165, 1.54) is 0 Å². The largest absolute Gasteiger partial charge is 0.444 e. The SMILES string of the molecule is CC(C)(C)OC(=O)N1CC(C)(N2CCNCC2)C1.Cl. The van der Waals surface area contributed by atoms with Crippen molar-refractivity contribution in [3.63, 3.8) is 0 Å². The number of halogens is 1. The molecule has 6 heteroatoms. The Balaban J connectivity index is 0.00000180. The molecule has 2 heterocycles. The first kappa shape index (κ1) is 16.5. The highest BCUT2D eigenvalue weighted by Crippen LogP contribution is 2.29. The molecule has 112 valence electrons. The maximum absolute atomic E-state index is 11.9. The van der Waals surface area contributed by atoms with Crippen molar-refractivity contribution in [2.24, 2.45) is 0 Å². The summed E-state index contributed by atoms with van der Waals surface area (Å²) in [4.78, 5) is 16.2. The molecule has 0 bridgehead atoms. The van der Waals surface area contributed by atoms with Gasteiger partial charge in [0.2, 0.25) is 0 Å². The molecule has 19 heavy (non-hydrogen) atoms. The van der Waals surface area contributed by atoms with Crippen molar-refractivity contribution in [1.29, 1.82) is 0 Å². The van der Waals surface area contributed by atoms with E-state index in [0.29, 0.717) is 0 Å².